The molecule has 2 unspecified atom stereocenters. The summed E-state index contributed by atoms with van der Waals surface area (Å²) in [6.45, 7) is 2.04. The number of likely N-dealkylation sites (tertiary alicyclic amines) is 1. The van der Waals surface area contributed by atoms with Crippen LogP contribution in [0.1, 0.15) is 6.42 Å². The van der Waals surface area contributed by atoms with E-state index in [4.69, 9.17) is 5.73 Å². The first-order chi connectivity index (χ1) is 7.68. The van der Waals surface area contributed by atoms with Gasteiger partial charge in [0, 0.05) is 31.1 Å². The lowest BCUT2D eigenvalue weighted by molar-refractivity contribution is -0.132. The van der Waals surface area contributed by atoms with Crippen LogP contribution in [0, 0.1) is 5.92 Å². The van der Waals surface area contributed by atoms with E-state index >= 15 is 0 Å². The van der Waals surface area contributed by atoms with Crippen LogP contribution in [0.4, 0.5) is 0 Å². The van der Waals surface area contributed by atoms with Gasteiger partial charge in [-0.3, -0.25) is 9.59 Å². The molecule has 90 valence electrons. The number of carbonyl (C=O) groups is 2. The van der Waals surface area contributed by atoms with Crippen LogP contribution in [0.5, 0.6) is 0 Å². The highest BCUT2D eigenvalue weighted by Gasteiger charge is 2.33. The predicted molar refractivity (Wildman–Crippen MR) is 63.0 cm³/mol. The van der Waals surface area contributed by atoms with Crippen molar-refractivity contribution in [2.24, 2.45) is 11.7 Å². The van der Waals surface area contributed by atoms with Crippen LogP contribution >= 0.6 is 11.8 Å². The Bertz CT molecular complexity index is 292. The van der Waals surface area contributed by atoms with Gasteiger partial charge in [0.05, 0.1) is 12.0 Å². The lowest BCUT2D eigenvalue weighted by atomic mass is 10.1. The number of rotatable bonds is 2. The summed E-state index contributed by atoms with van der Waals surface area (Å²) in [6, 6.07) is -0.0784. The zero-order valence-corrected chi connectivity index (χ0v) is 9.96. The van der Waals surface area contributed by atoms with Crippen molar-refractivity contribution in [2.45, 2.75) is 12.5 Å². The second kappa shape index (κ2) is 5.05. The zero-order chi connectivity index (χ0) is 11.5. The molecule has 2 aliphatic heterocycles. The Morgan fingerprint density at radius 3 is 2.81 bits per heavy atom. The van der Waals surface area contributed by atoms with Crippen LogP contribution in [-0.4, -0.2) is 53.9 Å². The number of hydrogen-bond acceptors (Lipinski definition) is 4. The van der Waals surface area contributed by atoms with E-state index in [0.29, 0.717) is 19.5 Å². The Balaban J connectivity index is 1.88. The number of primary amides is 1. The third-order valence-electron chi connectivity index (χ3n) is 3.12. The van der Waals surface area contributed by atoms with E-state index < -0.39 is 0 Å². The molecule has 2 atom stereocenters. The molecular formula is C10H17N3O2S. The van der Waals surface area contributed by atoms with Gasteiger partial charge in [-0.2, -0.15) is 11.8 Å². The molecule has 16 heavy (non-hydrogen) atoms. The van der Waals surface area contributed by atoms with Gasteiger partial charge in [-0.25, -0.2) is 0 Å². The Kier molecular flexibility index (Phi) is 3.70. The average molecular weight is 243 g/mol. The first-order valence-corrected chi connectivity index (χ1v) is 6.73. The second-order valence-corrected chi connectivity index (χ2v) is 5.40. The van der Waals surface area contributed by atoms with Crippen molar-refractivity contribution in [3.8, 4) is 0 Å². The van der Waals surface area contributed by atoms with Gasteiger partial charge in [0.25, 0.3) is 0 Å². The first kappa shape index (κ1) is 11.7. The molecule has 2 saturated heterocycles. The van der Waals surface area contributed by atoms with Crippen molar-refractivity contribution in [3.05, 3.63) is 0 Å². The lowest BCUT2D eigenvalue weighted by Crippen LogP contribution is -2.50. The molecule has 0 spiro atoms. The van der Waals surface area contributed by atoms with E-state index in [0.717, 1.165) is 18.1 Å². The van der Waals surface area contributed by atoms with E-state index in [9.17, 15) is 9.59 Å². The fraction of sp³-hybridized carbons (Fsp3) is 0.800. The molecule has 0 aromatic carbocycles. The van der Waals surface area contributed by atoms with Crippen LogP contribution in [0.3, 0.4) is 0 Å². The molecule has 2 amide bonds. The highest BCUT2D eigenvalue weighted by Crippen LogP contribution is 2.18. The van der Waals surface area contributed by atoms with Crippen LogP contribution in [0.25, 0.3) is 0 Å². The summed E-state index contributed by atoms with van der Waals surface area (Å²) in [4.78, 5) is 24.8. The van der Waals surface area contributed by atoms with Gasteiger partial charge in [0.15, 0.2) is 0 Å². The smallest absolute Gasteiger partial charge is 0.240 e. The molecular weight excluding hydrogens is 226 g/mol. The van der Waals surface area contributed by atoms with E-state index in [1.54, 1.807) is 16.7 Å². The summed E-state index contributed by atoms with van der Waals surface area (Å²) in [5.41, 5.74) is 5.24. The second-order valence-electron chi connectivity index (χ2n) is 4.25. The number of nitrogens with two attached hydrogens (primary N) is 1. The summed E-state index contributed by atoms with van der Waals surface area (Å²) in [5.74, 6) is 1.57. The SMILES string of the molecule is NC(=O)C1CCN(C(=O)C2CSCCN2)C1. The average Bonchev–Trinajstić information content (AvgIpc) is 2.78. The Morgan fingerprint density at radius 2 is 2.25 bits per heavy atom. The summed E-state index contributed by atoms with van der Waals surface area (Å²) in [5, 5.41) is 3.21. The van der Waals surface area contributed by atoms with Crippen LogP contribution in [-0.2, 0) is 9.59 Å². The van der Waals surface area contributed by atoms with Gasteiger partial charge in [-0.15, -0.1) is 0 Å². The highest BCUT2D eigenvalue weighted by atomic mass is 32.2. The molecule has 6 heteroatoms. The van der Waals surface area contributed by atoms with Crippen LogP contribution in [0.2, 0.25) is 0 Å². The molecule has 0 bridgehead atoms. The number of nitrogens with one attached hydrogen (secondary N) is 1. The molecule has 0 saturated carbocycles. The fourth-order valence-corrected chi connectivity index (χ4v) is 3.06. The minimum absolute atomic E-state index is 0.0784. The predicted octanol–water partition coefficient (Wildman–Crippen LogP) is -0.975. The maximum atomic E-state index is 12.1. The Morgan fingerprint density at radius 1 is 1.44 bits per heavy atom. The summed E-state index contributed by atoms with van der Waals surface area (Å²) in [6.07, 6.45) is 0.709. The molecule has 5 nitrogen and oxygen atoms in total. The summed E-state index contributed by atoms with van der Waals surface area (Å²) in [7, 11) is 0. The number of amides is 2. The lowest BCUT2D eigenvalue weighted by Gasteiger charge is -2.26. The van der Waals surface area contributed by atoms with Gasteiger partial charge in [-0.1, -0.05) is 0 Å². The van der Waals surface area contributed by atoms with Gasteiger partial charge in [0.2, 0.25) is 11.8 Å². The highest BCUT2D eigenvalue weighted by molar-refractivity contribution is 7.99. The van der Waals surface area contributed by atoms with Gasteiger partial charge < -0.3 is 16.0 Å². The molecule has 0 aromatic heterocycles. The van der Waals surface area contributed by atoms with Crippen molar-refractivity contribution in [2.75, 3.05) is 31.1 Å². The fourth-order valence-electron chi connectivity index (χ4n) is 2.14. The van der Waals surface area contributed by atoms with Crippen molar-refractivity contribution in [3.63, 3.8) is 0 Å². The molecule has 0 aliphatic carbocycles. The molecule has 2 aliphatic rings. The van der Waals surface area contributed by atoms with Crippen LogP contribution < -0.4 is 11.1 Å². The standard InChI is InChI=1S/C10H17N3O2S/c11-9(14)7-1-3-13(5-7)10(15)8-6-16-4-2-12-8/h7-8,12H,1-6H2,(H2,11,14). The monoisotopic (exact) mass is 243 g/mol. The van der Waals surface area contributed by atoms with E-state index in [1.165, 1.54) is 0 Å². The van der Waals surface area contributed by atoms with Crippen molar-refractivity contribution in [1.82, 2.24) is 10.2 Å². The zero-order valence-electron chi connectivity index (χ0n) is 9.15. The number of thioether (sulfide) groups is 1. The molecule has 3 N–H and O–H groups in total. The summed E-state index contributed by atoms with van der Waals surface area (Å²) >= 11 is 1.80. The number of nitrogens with zero attached hydrogens (tertiary/aromatic N) is 1. The molecule has 2 rings (SSSR count). The molecule has 0 radical (unpaired) electrons. The van der Waals surface area contributed by atoms with E-state index in [2.05, 4.69) is 5.32 Å². The number of hydrogen-bond donors (Lipinski definition) is 2. The topological polar surface area (TPSA) is 75.4 Å². The quantitative estimate of drug-likeness (QED) is 0.654. The molecule has 0 aromatic rings. The first-order valence-electron chi connectivity index (χ1n) is 5.57. The third kappa shape index (κ3) is 2.49. The van der Waals surface area contributed by atoms with Gasteiger partial charge in [-0.05, 0) is 6.42 Å². The third-order valence-corrected chi connectivity index (χ3v) is 4.18. The normalized spacial score (nSPS) is 30.4. The van der Waals surface area contributed by atoms with E-state index in [1.807, 2.05) is 0 Å². The van der Waals surface area contributed by atoms with Crippen molar-refractivity contribution >= 4 is 23.6 Å². The molecule has 2 fully saturated rings. The van der Waals surface area contributed by atoms with Crippen LogP contribution in [0.15, 0.2) is 0 Å². The summed E-state index contributed by atoms with van der Waals surface area (Å²) < 4.78 is 0. The van der Waals surface area contributed by atoms with Crippen molar-refractivity contribution in [1.29, 1.82) is 0 Å². The Labute approximate surface area is 99.1 Å². The largest absolute Gasteiger partial charge is 0.369 e. The minimum atomic E-state index is -0.290. The van der Waals surface area contributed by atoms with Crippen molar-refractivity contribution < 1.29 is 9.59 Å². The molecule has 2 heterocycles. The van der Waals surface area contributed by atoms with Gasteiger partial charge >= 0.3 is 0 Å². The van der Waals surface area contributed by atoms with E-state index in [-0.39, 0.29) is 23.8 Å². The number of carbonyl (C=O) groups excluding carboxylic acids is 2. The maximum Gasteiger partial charge on any atom is 0.240 e. The minimum Gasteiger partial charge on any atom is -0.369 e. The van der Waals surface area contributed by atoms with Gasteiger partial charge in [0.1, 0.15) is 0 Å². The maximum absolute atomic E-state index is 12.1. The Hall–Kier alpha value is -0.750.